The molecule has 1 aliphatic heterocycles. The lowest BCUT2D eigenvalue weighted by molar-refractivity contribution is 0.0242. The van der Waals surface area contributed by atoms with E-state index in [-0.39, 0.29) is 36.5 Å². The van der Waals surface area contributed by atoms with Gasteiger partial charge in [-0.25, -0.2) is 9.59 Å². The van der Waals surface area contributed by atoms with Crippen LogP contribution in [0.3, 0.4) is 0 Å². The third-order valence-corrected chi connectivity index (χ3v) is 6.25. The summed E-state index contributed by atoms with van der Waals surface area (Å²) in [5.41, 5.74) is 5.07. The number of hydrogen-bond acceptors (Lipinski definition) is 7. The lowest BCUT2D eigenvalue weighted by Gasteiger charge is -2.34. The summed E-state index contributed by atoms with van der Waals surface area (Å²) in [6.45, 7) is 7.44. The molecule has 1 atom stereocenters. The second-order valence-corrected chi connectivity index (χ2v) is 10.5. The maximum absolute atomic E-state index is 13.3. The molecule has 2 N–H and O–H groups in total. The van der Waals surface area contributed by atoms with Crippen molar-refractivity contribution in [3.8, 4) is 0 Å². The summed E-state index contributed by atoms with van der Waals surface area (Å²) in [5, 5.41) is 0. The maximum atomic E-state index is 13.3. The molecule has 1 unspecified atom stereocenters. The molecule has 1 aromatic carbocycles. The topological polar surface area (TPSA) is 120 Å². The van der Waals surface area contributed by atoms with Crippen LogP contribution in [-0.4, -0.2) is 69.6 Å². The lowest BCUT2D eigenvalue weighted by Crippen LogP contribution is -2.46. The zero-order valence-corrected chi connectivity index (χ0v) is 21.8. The number of nitrogen functional groups attached to an aromatic ring is 1. The second kappa shape index (κ2) is 11.1. The Morgan fingerprint density at radius 3 is 2.47 bits per heavy atom. The van der Waals surface area contributed by atoms with Crippen LogP contribution in [0.25, 0.3) is 0 Å². The Morgan fingerprint density at radius 1 is 1.17 bits per heavy atom. The fourth-order valence-corrected chi connectivity index (χ4v) is 4.49. The van der Waals surface area contributed by atoms with Gasteiger partial charge in [0.2, 0.25) is 0 Å². The van der Waals surface area contributed by atoms with Gasteiger partial charge in [-0.3, -0.25) is 23.6 Å². The third kappa shape index (κ3) is 6.63. The first kappa shape index (κ1) is 27.2. The van der Waals surface area contributed by atoms with Crippen molar-refractivity contribution >= 4 is 17.7 Å². The normalized spacial score (nSPS) is 16.5. The molecule has 2 aromatic rings. The number of carbonyl (C=O) groups excluding carboxylic acids is 2. The maximum Gasteiger partial charge on any atom is 0.410 e. The zero-order valence-electron chi connectivity index (χ0n) is 21.8. The molecule has 0 spiro atoms. The molecular weight excluding hydrogens is 462 g/mol. The van der Waals surface area contributed by atoms with Crippen molar-refractivity contribution in [3.63, 3.8) is 0 Å². The average Bonchev–Trinajstić information content (AvgIpc) is 2.80. The molecular formula is C26H37N5O5. The summed E-state index contributed by atoms with van der Waals surface area (Å²) in [7, 11) is 3.06. The third-order valence-electron chi connectivity index (χ3n) is 6.25. The molecule has 0 aliphatic carbocycles. The highest BCUT2D eigenvalue weighted by molar-refractivity contribution is 6.01. The Hall–Kier alpha value is -3.40. The Balaban J connectivity index is 1.74. The molecule has 36 heavy (non-hydrogen) atoms. The predicted molar refractivity (Wildman–Crippen MR) is 138 cm³/mol. The predicted octanol–water partition coefficient (Wildman–Crippen LogP) is 1.94. The Bertz CT molecular complexity index is 1210. The highest BCUT2D eigenvalue weighted by Gasteiger charge is 2.28. The molecule has 196 valence electrons. The van der Waals surface area contributed by atoms with E-state index in [2.05, 4.69) is 0 Å². The van der Waals surface area contributed by atoms with Gasteiger partial charge in [-0.15, -0.1) is 0 Å². The first-order valence-electron chi connectivity index (χ1n) is 12.2. The minimum atomic E-state index is -0.690. The molecule has 1 saturated heterocycles. The monoisotopic (exact) mass is 499 g/mol. The molecule has 1 aliphatic rings. The number of hydrogen-bond donors (Lipinski definition) is 1. The van der Waals surface area contributed by atoms with Gasteiger partial charge >= 0.3 is 11.8 Å². The molecule has 10 nitrogen and oxygen atoms in total. The van der Waals surface area contributed by atoms with Crippen molar-refractivity contribution in [2.45, 2.75) is 45.8 Å². The second-order valence-electron chi connectivity index (χ2n) is 10.5. The largest absolute Gasteiger partial charge is 0.444 e. The summed E-state index contributed by atoms with van der Waals surface area (Å²) in [4.78, 5) is 54.8. The van der Waals surface area contributed by atoms with E-state index in [0.717, 1.165) is 23.0 Å². The van der Waals surface area contributed by atoms with Crippen molar-refractivity contribution in [2.75, 3.05) is 39.0 Å². The standard InChI is InChI=1S/C26H37N5O5/c1-26(2,3)36-25(35)28(4)14-19-12-9-13-30(15-19)17-20(32)21-22(27)31(24(34)29(5)23(21)33)16-18-10-7-6-8-11-18/h6-8,10-11,19H,9,12-17,27H2,1-5H3. The van der Waals surface area contributed by atoms with Crippen LogP contribution in [-0.2, 0) is 18.3 Å². The fraction of sp³-hybridized carbons (Fsp3) is 0.538. The summed E-state index contributed by atoms with van der Waals surface area (Å²) in [5.74, 6) is -0.373. The molecule has 1 fully saturated rings. The Labute approximate surface area is 211 Å². The van der Waals surface area contributed by atoms with Crippen LogP contribution in [0.1, 0.15) is 49.5 Å². The summed E-state index contributed by atoms with van der Waals surface area (Å²) >= 11 is 0. The van der Waals surface area contributed by atoms with E-state index in [0.29, 0.717) is 19.6 Å². The number of amides is 1. The molecule has 10 heteroatoms. The number of benzene rings is 1. The number of aromatic nitrogens is 2. The van der Waals surface area contributed by atoms with Crippen molar-refractivity contribution in [3.05, 3.63) is 62.3 Å². The number of rotatable bonds is 7. The van der Waals surface area contributed by atoms with E-state index < -0.39 is 22.6 Å². The Morgan fingerprint density at radius 2 is 1.83 bits per heavy atom. The van der Waals surface area contributed by atoms with Gasteiger partial charge < -0.3 is 15.4 Å². The quantitative estimate of drug-likeness (QED) is 0.578. The van der Waals surface area contributed by atoms with E-state index in [4.69, 9.17) is 10.5 Å². The van der Waals surface area contributed by atoms with Crippen LogP contribution in [0.15, 0.2) is 39.9 Å². The highest BCUT2D eigenvalue weighted by atomic mass is 16.6. The van der Waals surface area contributed by atoms with Crippen molar-refractivity contribution in [1.29, 1.82) is 0 Å². The van der Waals surface area contributed by atoms with E-state index in [1.54, 1.807) is 11.9 Å². The minimum absolute atomic E-state index is 0.00956. The highest BCUT2D eigenvalue weighted by Crippen LogP contribution is 2.19. The smallest absolute Gasteiger partial charge is 0.410 e. The molecule has 0 saturated carbocycles. The molecule has 1 amide bonds. The Kier molecular flexibility index (Phi) is 8.39. The number of anilines is 1. The molecule has 0 radical (unpaired) electrons. The van der Waals surface area contributed by atoms with Gasteiger partial charge in [-0.1, -0.05) is 30.3 Å². The van der Waals surface area contributed by atoms with Gasteiger partial charge in [-0.05, 0) is 51.6 Å². The van der Waals surface area contributed by atoms with Crippen molar-refractivity contribution in [2.24, 2.45) is 13.0 Å². The van der Waals surface area contributed by atoms with Crippen molar-refractivity contribution in [1.82, 2.24) is 18.9 Å². The van der Waals surface area contributed by atoms with Gasteiger partial charge in [0.1, 0.15) is 17.0 Å². The van der Waals surface area contributed by atoms with Gasteiger partial charge in [0.05, 0.1) is 13.1 Å². The number of nitrogens with zero attached hydrogens (tertiary/aromatic N) is 4. The number of ether oxygens (including phenoxy) is 1. The van der Waals surface area contributed by atoms with Gasteiger partial charge in [0.25, 0.3) is 5.56 Å². The lowest BCUT2D eigenvalue weighted by atomic mass is 9.97. The SMILES string of the molecule is CN(CC1CCCN(CC(=O)c2c(N)n(Cc3ccccc3)c(=O)n(C)c2=O)C1)C(=O)OC(C)(C)C. The molecule has 3 rings (SSSR count). The molecule has 2 heterocycles. The fourth-order valence-electron chi connectivity index (χ4n) is 4.49. The minimum Gasteiger partial charge on any atom is -0.444 e. The van der Waals surface area contributed by atoms with Crippen LogP contribution >= 0.6 is 0 Å². The molecule has 0 bridgehead atoms. The van der Waals surface area contributed by atoms with E-state index in [9.17, 15) is 19.2 Å². The van der Waals surface area contributed by atoms with Gasteiger partial charge in [0.15, 0.2) is 5.78 Å². The van der Waals surface area contributed by atoms with Crippen LogP contribution < -0.4 is 17.0 Å². The van der Waals surface area contributed by atoms with Gasteiger partial charge in [-0.2, -0.15) is 0 Å². The summed E-state index contributed by atoms with van der Waals surface area (Å²) in [6, 6.07) is 9.25. The molecule has 1 aromatic heterocycles. The number of nitrogens with two attached hydrogens (primary N) is 1. The van der Waals surface area contributed by atoms with Crippen LogP contribution in [0, 0.1) is 5.92 Å². The van der Waals surface area contributed by atoms with Crippen LogP contribution in [0.5, 0.6) is 0 Å². The number of Topliss-reactive ketones (excluding diaryl/α,β-unsaturated/α-hetero) is 1. The van der Waals surface area contributed by atoms with Gasteiger partial charge in [0, 0.05) is 27.2 Å². The number of carbonyl (C=O) groups is 2. The van der Waals surface area contributed by atoms with E-state index in [1.165, 1.54) is 11.6 Å². The first-order valence-corrected chi connectivity index (χ1v) is 12.2. The number of piperidine rings is 1. The van der Waals surface area contributed by atoms with Crippen LogP contribution in [0.4, 0.5) is 10.6 Å². The summed E-state index contributed by atoms with van der Waals surface area (Å²) < 4.78 is 7.63. The van der Waals surface area contributed by atoms with Crippen LogP contribution in [0.2, 0.25) is 0 Å². The van der Waals surface area contributed by atoms with E-state index in [1.807, 2.05) is 56.0 Å². The van der Waals surface area contributed by atoms with Crippen molar-refractivity contribution < 1.29 is 14.3 Å². The summed E-state index contributed by atoms with van der Waals surface area (Å²) in [6.07, 6.45) is 1.40. The number of likely N-dealkylation sites (tertiary alicyclic amines) is 1. The average molecular weight is 500 g/mol. The first-order chi connectivity index (χ1) is 16.9. The van der Waals surface area contributed by atoms with E-state index >= 15 is 0 Å². The zero-order chi connectivity index (χ0) is 26.6. The number of ketones is 1.